The van der Waals surface area contributed by atoms with Crippen LogP contribution in [0.1, 0.15) is 19.4 Å². The molecule has 1 aliphatic heterocycles. The molecule has 0 saturated carbocycles. The zero-order chi connectivity index (χ0) is 17.3. The van der Waals surface area contributed by atoms with Crippen LogP contribution in [0.5, 0.6) is 5.75 Å². The smallest absolute Gasteiger partial charge is 0.244 e. The highest BCUT2D eigenvalue weighted by molar-refractivity contribution is 6.11. The maximum absolute atomic E-state index is 12.7. The fourth-order valence-corrected chi connectivity index (χ4v) is 3.00. The molecule has 2 amide bonds. The van der Waals surface area contributed by atoms with Gasteiger partial charge in [0.2, 0.25) is 11.8 Å². The summed E-state index contributed by atoms with van der Waals surface area (Å²) in [6.45, 7) is 3.75. The molecular formula is C19H20N2O3. The van der Waals surface area contributed by atoms with E-state index < -0.39 is 5.41 Å². The van der Waals surface area contributed by atoms with Crippen molar-refractivity contribution in [1.82, 2.24) is 0 Å². The quantitative estimate of drug-likeness (QED) is 0.940. The van der Waals surface area contributed by atoms with Crippen LogP contribution in [0.15, 0.2) is 48.5 Å². The summed E-state index contributed by atoms with van der Waals surface area (Å²) >= 11 is 0. The number of carbonyl (C=O) groups is 2. The van der Waals surface area contributed by atoms with Gasteiger partial charge in [-0.05, 0) is 37.6 Å². The largest absolute Gasteiger partial charge is 0.497 e. The molecule has 0 spiro atoms. The molecule has 24 heavy (non-hydrogen) atoms. The van der Waals surface area contributed by atoms with E-state index in [0.717, 1.165) is 11.3 Å². The zero-order valence-corrected chi connectivity index (χ0v) is 14.0. The van der Waals surface area contributed by atoms with E-state index in [2.05, 4.69) is 5.32 Å². The van der Waals surface area contributed by atoms with Gasteiger partial charge in [0.05, 0.1) is 12.5 Å². The number of hydrogen-bond donors (Lipinski definition) is 1. The monoisotopic (exact) mass is 324 g/mol. The number of amides is 2. The lowest BCUT2D eigenvalue weighted by molar-refractivity contribution is -0.124. The van der Waals surface area contributed by atoms with Crippen molar-refractivity contribution in [1.29, 1.82) is 0 Å². The van der Waals surface area contributed by atoms with Crippen molar-refractivity contribution in [3.05, 3.63) is 54.1 Å². The molecule has 5 nitrogen and oxygen atoms in total. The van der Waals surface area contributed by atoms with Crippen molar-refractivity contribution < 1.29 is 14.3 Å². The van der Waals surface area contributed by atoms with E-state index in [0.29, 0.717) is 11.4 Å². The number of methoxy groups -OCH3 is 1. The van der Waals surface area contributed by atoms with E-state index in [9.17, 15) is 9.59 Å². The van der Waals surface area contributed by atoms with E-state index in [1.165, 1.54) is 0 Å². The molecule has 0 saturated heterocycles. The second-order valence-corrected chi connectivity index (χ2v) is 6.31. The Hall–Kier alpha value is -2.82. The van der Waals surface area contributed by atoms with Crippen LogP contribution in [0, 0.1) is 0 Å². The number of benzene rings is 2. The summed E-state index contributed by atoms with van der Waals surface area (Å²) in [6.07, 6.45) is 0. The normalized spacial score (nSPS) is 15.1. The highest BCUT2D eigenvalue weighted by Crippen LogP contribution is 2.41. The van der Waals surface area contributed by atoms with E-state index >= 15 is 0 Å². The Morgan fingerprint density at radius 3 is 2.67 bits per heavy atom. The number of fused-ring (bicyclic) bond motifs is 1. The number of nitrogens with zero attached hydrogens (tertiary/aromatic N) is 1. The van der Waals surface area contributed by atoms with E-state index in [-0.39, 0.29) is 18.4 Å². The van der Waals surface area contributed by atoms with Crippen LogP contribution >= 0.6 is 0 Å². The Kier molecular flexibility index (Phi) is 4.01. The van der Waals surface area contributed by atoms with Gasteiger partial charge in [0.15, 0.2) is 0 Å². The van der Waals surface area contributed by atoms with Crippen LogP contribution in [0.25, 0.3) is 0 Å². The van der Waals surface area contributed by atoms with Crippen LogP contribution in [0.2, 0.25) is 0 Å². The molecule has 2 aromatic rings. The average molecular weight is 324 g/mol. The van der Waals surface area contributed by atoms with Crippen LogP contribution in [0.4, 0.5) is 11.4 Å². The maximum atomic E-state index is 12.7. The fourth-order valence-electron chi connectivity index (χ4n) is 3.00. The van der Waals surface area contributed by atoms with Crippen LogP contribution in [0.3, 0.4) is 0 Å². The molecular weight excluding hydrogens is 304 g/mol. The minimum atomic E-state index is -0.618. The van der Waals surface area contributed by atoms with Gasteiger partial charge in [0.1, 0.15) is 12.3 Å². The molecule has 1 aliphatic rings. The topological polar surface area (TPSA) is 58.6 Å². The van der Waals surface area contributed by atoms with E-state index in [4.69, 9.17) is 4.74 Å². The minimum Gasteiger partial charge on any atom is -0.497 e. The Bertz CT molecular complexity index is 799. The fraction of sp³-hybridized carbons (Fsp3) is 0.263. The summed E-state index contributed by atoms with van der Waals surface area (Å²) in [5.41, 5.74) is 1.77. The summed E-state index contributed by atoms with van der Waals surface area (Å²) in [4.78, 5) is 26.6. The predicted octanol–water partition coefficient (Wildman–Crippen LogP) is 2.96. The maximum Gasteiger partial charge on any atom is 0.244 e. The second-order valence-electron chi connectivity index (χ2n) is 6.31. The molecule has 2 aromatic carbocycles. The number of carbonyl (C=O) groups excluding carboxylic acids is 2. The van der Waals surface area contributed by atoms with Gasteiger partial charge in [-0.1, -0.05) is 24.3 Å². The molecule has 3 rings (SSSR count). The number of para-hydroxylation sites is 1. The number of nitrogens with one attached hydrogen (secondary N) is 1. The highest BCUT2D eigenvalue weighted by atomic mass is 16.5. The summed E-state index contributed by atoms with van der Waals surface area (Å²) in [5.74, 6) is 0.352. The lowest BCUT2D eigenvalue weighted by atomic mass is 9.86. The van der Waals surface area contributed by atoms with Crippen LogP contribution in [-0.4, -0.2) is 25.5 Å². The first kappa shape index (κ1) is 16.1. The van der Waals surface area contributed by atoms with Crippen molar-refractivity contribution in [2.75, 3.05) is 23.9 Å². The summed E-state index contributed by atoms with van der Waals surface area (Å²) < 4.78 is 5.14. The van der Waals surface area contributed by atoms with Gasteiger partial charge >= 0.3 is 0 Å². The molecule has 0 aromatic heterocycles. The highest BCUT2D eigenvalue weighted by Gasteiger charge is 2.44. The number of anilines is 2. The van der Waals surface area contributed by atoms with Crippen molar-refractivity contribution >= 4 is 23.2 Å². The number of ether oxygens (including phenoxy) is 1. The molecule has 0 aliphatic carbocycles. The summed E-state index contributed by atoms with van der Waals surface area (Å²) in [5, 5.41) is 2.81. The third-order valence-electron chi connectivity index (χ3n) is 4.30. The first-order chi connectivity index (χ1) is 11.4. The van der Waals surface area contributed by atoms with Gasteiger partial charge in [-0.25, -0.2) is 0 Å². The van der Waals surface area contributed by atoms with Crippen molar-refractivity contribution in [3.63, 3.8) is 0 Å². The van der Waals surface area contributed by atoms with Gasteiger partial charge < -0.3 is 15.0 Å². The third-order valence-corrected chi connectivity index (χ3v) is 4.30. The van der Waals surface area contributed by atoms with Crippen LogP contribution in [-0.2, 0) is 15.0 Å². The van der Waals surface area contributed by atoms with Gasteiger partial charge in [0.25, 0.3) is 0 Å². The molecule has 0 radical (unpaired) electrons. The summed E-state index contributed by atoms with van der Waals surface area (Å²) in [6, 6.07) is 14.7. The van der Waals surface area contributed by atoms with Crippen molar-refractivity contribution in [2.45, 2.75) is 19.3 Å². The van der Waals surface area contributed by atoms with Gasteiger partial charge in [0, 0.05) is 17.4 Å². The van der Waals surface area contributed by atoms with Crippen LogP contribution < -0.4 is 15.0 Å². The predicted molar refractivity (Wildman–Crippen MR) is 93.4 cm³/mol. The molecule has 0 unspecified atom stereocenters. The zero-order valence-electron chi connectivity index (χ0n) is 14.0. The van der Waals surface area contributed by atoms with Gasteiger partial charge in [-0.3, -0.25) is 9.59 Å². The Morgan fingerprint density at radius 2 is 1.92 bits per heavy atom. The average Bonchev–Trinajstić information content (AvgIpc) is 2.76. The van der Waals surface area contributed by atoms with Crippen molar-refractivity contribution in [2.24, 2.45) is 0 Å². The van der Waals surface area contributed by atoms with Gasteiger partial charge in [-0.2, -0.15) is 0 Å². The van der Waals surface area contributed by atoms with Crippen molar-refractivity contribution in [3.8, 4) is 5.75 Å². The number of rotatable bonds is 4. The lowest BCUT2D eigenvalue weighted by Crippen LogP contribution is -2.40. The first-order valence-electron chi connectivity index (χ1n) is 7.79. The summed E-state index contributed by atoms with van der Waals surface area (Å²) in [7, 11) is 1.57. The SMILES string of the molecule is COc1cccc(NC(=O)CN2C(=O)C(C)(C)c3ccccc32)c1. The molecule has 0 fully saturated rings. The second kappa shape index (κ2) is 6.00. The Morgan fingerprint density at radius 1 is 1.17 bits per heavy atom. The van der Waals surface area contributed by atoms with E-state index in [1.54, 1.807) is 36.3 Å². The van der Waals surface area contributed by atoms with Gasteiger partial charge in [-0.15, -0.1) is 0 Å². The van der Waals surface area contributed by atoms with E-state index in [1.807, 2.05) is 38.1 Å². The standard InChI is InChI=1S/C19H20N2O3/c1-19(2)15-9-4-5-10-16(15)21(18(19)23)12-17(22)20-13-7-6-8-14(11-13)24-3/h4-11H,12H2,1-3H3,(H,20,22). The Balaban J connectivity index is 1.78. The molecule has 1 heterocycles. The molecule has 5 heteroatoms. The third kappa shape index (κ3) is 2.73. The molecule has 0 bridgehead atoms. The Labute approximate surface area is 141 Å². The molecule has 1 N–H and O–H groups in total. The first-order valence-corrected chi connectivity index (χ1v) is 7.79. The number of hydrogen-bond acceptors (Lipinski definition) is 3. The molecule has 124 valence electrons. The lowest BCUT2D eigenvalue weighted by Gasteiger charge is -2.20. The minimum absolute atomic E-state index is 0.0174. The molecule has 0 atom stereocenters.